The van der Waals surface area contributed by atoms with Crippen LogP contribution in [0.25, 0.3) is 0 Å². The third-order valence-corrected chi connectivity index (χ3v) is 7.87. The Hall–Kier alpha value is -3.35. The predicted octanol–water partition coefficient (Wildman–Crippen LogP) is 0.312. The molecule has 1 fully saturated rings. The monoisotopic (exact) mass is 528 g/mol. The largest absolute Gasteiger partial charge is 0.507 e. The zero-order valence-electron chi connectivity index (χ0n) is 21.2. The summed E-state index contributed by atoms with van der Waals surface area (Å²) >= 11 is 0. The lowest BCUT2D eigenvalue weighted by Gasteiger charge is -2.41. The first-order valence-corrected chi connectivity index (χ1v) is 12.3. The summed E-state index contributed by atoms with van der Waals surface area (Å²) in [7, 11) is 1.34. The molecule has 38 heavy (non-hydrogen) atoms. The molecule has 1 saturated heterocycles. The zero-order chi connectivity index (χ0) is 27.7. The summed E-state index contributed by atoms with van der Waals surface area (Å²) in [5, 5.41) is 44.2. The van der Waals surface area contributed by atoms with Crippen molar-refractivity contribution < 1.29 is 54.8 Å². The van der Waals surface area contributed by atoms with Gasteiger partial charge in [0.1, 0.15) is 35.0 Å². The second-order valence-electron chi connectivity index (χ2n) is 10.2. The van der Waals surface area contributed by atoms with Crippen LogP contribution in [0, 0.1) is 0 Å². The minimum atomic E-state index is -1.98. The molecule has 0 bridgehead atoms. The Morgan fingerprint density at radius 1 is 1.13 bits per heavy atom. The lowest BCUT2D eigenvalue weighted by molar-refractivity contribution is -0.466. The molecule has 0 saturated carbocycles. The number of hydrogen-bond donors (Lipinski definition) is 5. The number of aliphatic hydroxyl groups excluding tert-OH is 1. The van der Waals surface area contributed by atoms with Crippen LogP contribution < -0.4 is 10.5 Å². The topological polar surface area (TPSA) is 187 Å². The average molecular weight is 529 g/mol. The second kappa shape index (κ2) is 9.14. The molecule has 0 spiro atoms. The number of quaternary nitrogens is 1. The van der Waals surface area contributed by atoms with Crippen molar-refractivity contribution in [3.8, 4) is 17.2 Å². The summed E-state index contributed by atoms with van der Waals surface area (Å²) in [6.45, 7) is 2.84. The van der Waals surface area contributed by atoms with Crippen LogP contribution in [0.2, 0.25) is 0 Å². The maximum atomic E-state index is 13.6. The number of methoxy groups -OCH3 is 1. The zero-order valence-corrected chi connectivity index (χ0v) is 21.2. The van der Waals surface area contributed by atoms with Crippen molar-refractivity contribution in [2.24, 2.45) is 0 Å². The lowest BCUT2D eigenvalue weighted by Crippen LogP contribution is -2.71. The molecule has 202 valence electrons. The minimum absolute atomic E-state index is 0.00780. The van der Waals surface area contributed by atoms with Gasteiger partial charge in [0.15, 0.2) is 17.9 Å². The standard InChI is InChI=1S/C27H29NO10/c1-10-22(30)14(28)7-17(37-10)38-16-9-27(35,11(2)29)8-13-19(16)26(34)21-20(24(13)32)23(31)12-5-4-6-15(36-3)18(12)25(21)33/h4-6,10,14,16-17,22,30,32,34-35H,7-9,28H2,1-3H3/p+1/t10-,14-,16-,17-,22+,27-/m0/s1. The number of hydrogen-bond acceptors (Lipinski definition) is 10. The first-order chi connectivity index (χ1) is 17.9. The van der Waals surface area contributed by atoms with Crippen LogP contribution in [0.4, 0.5) is 0 Å². The summed E-state index contributed by atoms with van der Waals surface area (Å²) in [6, 6.07) is 4.01. The molecule has 11 heteroatoms. The van der Waals surface area contributed by atoms with Crippen molar-refractivity contribution >= 4 is 17.3 Å². The van der Waals surface area contributed by atoms with Crippen molar-refractivity contribution in [2.45, 2.75) is 69.4 Å². The van der Waals surface area contributed by atoms with Crippen LogP contribution >= 0.6 is 0 Å². The minimum Gasteiger partial charge on any atom is -0.507 e. The quantitative estimate of drug-likeness (QED) is 0.295. The van der Waals surface area contributed by atoms with Crippen molar-refractivity contribution in [3.05, 3.63) is 51.6 Å². The number of aromatic hydroxyl groups is 2. The maximum Gasteiger partial charge on any atom is 0.202 e. The van der Waals surface area contributed by atoms with E-state index >= 15 is 0 Å². The molecule has 1 aliphatic heterocycles. The molecule has 1 heterocycles. The van der Waals surface area contributed by atoms with Gasteiger partial charge in [0, 0.05) is 29.5 Å². The highest BCUT2D eigenvalue weighted by Gasteiger charge is 2.49. The Labute approximate surface area is 217 Å². The number of carbonyl (C=O) groups excluding carboxylic acids is 3. The van der Waals surface area contributed by atoms with Crippen molar-refractivity contribution in [2.75, 3.05) is 7.11 Å². The smallest absolute Gasteiger partial charge is 0.202 e. The Bertz CT molecular complexity index is 1360. The van der Waals surface area contributed by atoms with Gasteiger partial charge in [0.2, 0.25) is 5.78 Å². The number of Topliss-reactive ketones (excluding diaryl/α,β-unsaturated/α-hetero) is 1. The molecule has 2 aromatic rings. The Morgan fingerprint density at radius 3 is 2.45 bits per heavy atom. The van der Waals surface area contributed by atoms with Gasteiger partial charge in [0.25, 0.3) is 0 Å². The molecular weight excluding hydrogens is 498 g/mol. The van der Waals surface area contributed by atoms with Gasteiger partial charge >= 0.3 is 0 Å². The summed E-state index contributed by atoms with van der Waals surface area (Å²) in [4.78, 5) is 39.6. The molecule has 0 unspecified atom stereocenters. The molecule has 2 aromatic carbocycles. The van der Waals surface area contributed by atoms with Crippen LogP contribution in [0.5, 0.6) is 17.2 Å². The van der Waals surface area contributed by atoms with E-state index in [0.29, 0.717) is 0 Å². The number of ether oxygens (including phenoxy) is 3. The summed E-state index contributed by atoms with van der Waals surface area (Å²) in [5.74, 6) is -3.11. The molecule has 0 amide bonds. The van der Waals surface area contributed by atoms with E-state index in [1.54, 1.807) is 6.92 Å². The van der Waals surface area contributed by atoms with Crippen LogP contribution in [0.15, 0.2) is 18.2 Å². The number of phenols is 2. The van der Waals surface area contributed by atoms with E-state index in [-0.39, 0.29) is 40.8 Å². The Kier molecular flexibility index (Phi) is 6.32. The highest BCUT2D eigenvalue weighted by atomic mass is 16.7. The SMILES string of the molecule is COc1cccc2c1C(=O)c1c(O)c3c(c(O)c1C2=O)C[C@@](O)(C(C)=O)C[C@@H]3O[C@H]1C[C@H]([NH3+])[C@H](O)[C@H](C)O1. The van der Waals surface area contributed by atoms with E-state index in [1.807, 2.05) is 0 Å². The predicted molar refractivity (Wildman–Crippen MR) is 129 cm³/mol. The van der Waals surface area contributed by atoms with Gasteiger partial charge in [-0.25, -0.2) is 0 Å². The Balaban J connectivity index is 1.68. The fourth-order valence-electron chi connectivity index (χ4n) is 5.72. The van der Waals surface area contributed by atoms with E-state index in [4.69, 9.17) is 14.2 Å². The highest BCUT2D eigenvalue weighted by molar-refractivity contribution is 6.31. The normalized spacial score (nSPS) is 30.3. The molecule has 5 rings (SSSR count). The van der Waals surface area contributed by atoms with Crippen LogP contribution in [-0.2, 0) is 20.7 Å². The molecule has 6 atom stereocenters. The van der Waals surface area contributed by atoms with E-state index in [0.717, 1.165) is 0 Å². The number of aliphatic hydroxyl groups is 2. The van der Waals surface area contributed by atoms with Gasteiger partial charge in [-0.1, -0.05) is 12.1 Å². The van der Waals surface area contributed by atoms with Crippen LogP contribution in [-0.4, -0.2) is 75.0 Å². The van der Waals surface area contributed by atoms with Gasteiger partial charge in [-0.3, -0.25) is 14.4 Å². The van der Waals surface area contributed by atoms with Crippen molar-refractivity contribution in [1.29, 1.82) is 0 Å². The average Bonchev–Trinajstić information content (AvgIpc) is 2.87. The van der Waals surface area contributed by atoms with Crippen LogP contribution in [0.3, 0.4) is 0 Å². The summed E-state index contributed by atoms with van der Waals surface area (Å²) < 4.78 is 17.1. The first kappa shape index (κ1) is 26.3. The summed E-state index contributed by atoms with van der Waals surface area (Å²) in [5.41, 5.74) is 0.969. The second-order valence-corrected chi connectivity index (χ2v) is 10.2. The number of ketones is 3. The van der Waals surface area contributed by atoms with Gasteiger partial charge in [-0.2, -0.15) is 0 Å². The number of carbonyl (C=O) groups is 3. The number of fused-ring (bicyclic) bond motifs is 3. The van der Waals surface area contributed by atoms with Gasteiger partial charge in [0.05, 0.1) is 42.4 Å². The molecule has 2 aliphatic carbocycles. The van der Waals surface area contributed by atoms with Gasteiger partial charge < -0.3 is 40.4 Å². The fraction of sp³-hybridized carbons (Fsp3) is 0.444. The van der Waals surface area contributed by atoms with E-state index in [9.17, 15) is 34.8 Å². The molecule has 3 aliphatic rings. The third kappa shape index (κ3) is 3.81. The maximum absolute atomic E-state index is 13.6. The lowest BCUT2D eigenvalue weighted by atomic mass is 9.72. The number of phenolic OH excluding ortho intramolecular Hbond substituents is 2. The Morgan fingerprint density at radius 2 is 1.82 bits per heavy atom. The van der Waals surface area contributed by atoms with Crippen LogP contribution in [0.1, 0.15) is 75.8 Å². The van der Waals surface area contributed by atoms with Gasteiger partial charge in [-0.05, 0) is 19.9 Å². The molecule has 0 radical (unpaired) electrons. The van der Waals surface area contributed by atoms with Crippen molar-refractivity contribution in [3.63, 3.8) is 0 Å². The molecule has 7 N–H and O–H groups in total. The molecule has 0 aromatic heterocycles. The fourth-order valence-corrected chi connectivity index (χ4v) is 5.72. The highest BCUT2D eigenvalue weighted by Crippen LogP contribution is 2.52. The third-order valence-electron chi connectivity index (χ3n) is 7.87. The van der Waals surface area contributed by atoms with E-state index in [2.05, 4.69) is 5.73 Å². The molecular formula is C27H30NO10+. The van der Waals surface area contributed by atoms with E-state index in [1.165, 1.54) is 32.2 Å². The first-order valence-electron chi connectivity index (χ1n) is 12.3. The van der Waals surface area contributed by atoms with E-state index < -0.39 is 82.6 Å². The number of benzene rings is 2. The van der Waals surface area contributed by atoms with Crippen molar-refractivity contribution in [1.82, 2.24) is 0 Å². The number of rotatable bonds is 4. The van der Waals surface area contributed by atoms with Gasteiger partial charge in [-0.15, -0.1) is 0 Å². The molecule has 11 nitrogen and oxygen atoms in total. The summed E-state index contributed by atoms with van der Waals surface area (Å²) in [6.07, 6.45) is -4.12.